The number of carbonyl (C=O) groups excluding carboxylic acids is 1. The Kier molecular flexibility index (Phi) is 5.16. The van der Waals surface area contributed by atoms with Crippen molar-refractivity contribution in [1.82, 2.24) is 20.0 Å². The second-order valence-electron chi connectivity index (χ2n) is 6.49. The highest BCUT2D eigenvalue weighted by molar-refractivity contribution is 5.78. The molecule has 136 valence electrons. The smallest absolute Gasteiger partial charge is 0.267 e. The molecule has 0 aliphatic carbocycles. The summed E-state index contributed by atoms with van der Waals surface area (Å²) in [6.07, 6.45) is 1.71. The second-order valence-corrected chi connectivity index (χ2v) is 6.49. The lowest BCUT2D eigenvalue weighted by Gasteiger charge is -2.15. The molecule has 26 heavy (non-hydrogen) atoms. The predicted octanol–water partition coefficient (Wildman–Crippen LogP) is 2.14. The number of fused-ring (bicyclic) bond motifs is 1. The Hall–Kier alpha value is -2.96. The third-order valence-corrected chi connectivity index (χ3v) is 4.38. The van der Waals surface area contributed by atoms with Gasteiger partial charge in [0.15, 0.2) is 0 Å². The zero-order valence-electron chi connectivity index (χ0n) is 15.2. The fourth-order valence-electron chi connectivity index (χ4n) is 2.92. The number of benzene rings is 1. The van der Waals surface area contributed by atoms with Gasteiger partial charge in [0.05, 0.1) is 5.69 Å². The van der Waals surface area contributed by atoms with Crippen molar-refractivity contribution in [1.29, 1.82) is 0 Å². The van der Waals surface area contributed by atoms with Crippen LogP contribution in [-0.2, 0) is 17.8 Å². The van der Waals surface area contributed by atoms with E-state index in [2.05, 4.69) is 27.6 Å². The van der Waals surface area contributed by atoms with Gasteiger partial charge in [-0.1, -0.05) is 35.5 Å². The highest BCUT2D eigenvalue weighted by atomic mass is 16.5. The van der Waals surface area contributed by atoms with E-state index in [-0.39, 0.29) is 29.8 Å². The maximum absolute atomic E-state index is 12.6. The largest absolute Gasteiger partial charge is 0.352 e. The first-order valence-corrected chi connectivity index (χ1v) is 8.62. The summed E-state index contributed by atoms with van der Waals surface area (Å²) in [5.41, 5.74) is 1.61. The molecule has 0 aliphatic heterocycles. The van der Waals surface area contributed by atoms with Crippen LogP contribution in [0.1, 0.15) is 30.4 Å². The van der Waals surface area contributed by atoms with Crippen molar-refractivity contribution in [2.24, 2.45) is 0 Å². The SMILES string of the molecule is Cc1noc2nc(C)n(CC(=O)NC(C)CCc3ccccc3)c(=O)c12. The zero-order valence-corrected chi connectivity index (χ0v) is 15.2. The van der Waals surface area contributed by atoms with E-state index >= 15 is 0 Å². The lowest BCUT2D eigenvalue weighted by molar-refractivity contribution is -0.122. The zero-order chi connectivity index (χ0) is 18.7. The molecule has 0 fully saturated rings. The summed E-state index contributed by atoms with van der Waals surface area (Å²) in [4.78, 5) is 29.2. The van der Waals surface area contributed by atoms with Gasteiger partial charge in [-0.2, -0.15) is 4.98 Å². The number of nitrogens with one attached hydrogen (secondary N) is 1. The number of aryl methyl sites for hydroxylation is 3. The average molecular weight is 354 g/mol. The molecule has 0 radical (unpaired) electrons. The Morgan fingerprint density at radius 1 is 1.27 bits per heavy atom. The van der Waals surface area contributed by atoms with Gasteiger partial charge in [-0.3, -0.25) is 14.2 Å². The van der Waals surface area contributed by atoms with Crippen LogP contribution in [0.3, 0.4) is 0 Å². The van der Waals surface area contributed by atoms with Gasteiger partial charge in [0.1, 0.15) is 17.8 Å². The summed E-state index contributed by atoms with van der Waals surface area (Å²) in [6.45, 7) is 5.24. The summed E-state index contributed by atoms with van der Waals surface area (Å²) in [6, 6.07) is 10.1. The summed E-state index contributed by atoms with van der Waals surface area (Å²) >= 11 is 0. The van der Waals surface area contributed by atoms with Crippen molar-refractivity contribution >= 4 is 17.0 Å². The van der Waals surface area contributed by atoms with E-state index < -0.39 is 0 Å². The molecule has 1 unspecified atom stereocenters. The molecular formula is C19H22N4O3. The predicted molar refractivity (Wildman–Crippen MR) is 97.9 cm³/mol. The van der Waals surface area contributed by atoms with Gasteiger partial charge in [-0.15, -0.1) is 0 Å². The third kappa shape index (κ3) is 3.82. The molecule has 7 heteroatoms. The second kappa shape index (κ2) is 7.51. The maximum atomic E-state index is 12.6. The molecule has 3 aromatic rings. The number of carbonyl (C=O) groups is 1. The molecule has 1 aromatic carbocycles. The molecule has 1 amide bonds. The molecule has 2 heterocycles. The molecule has 3 rings (SSSR count). The van der Waals surface area contributed by atoms with Gasteiger partial charge < -0.3 is 9.84 Å². The summed E-state index contributed by atoms with van der Waals surface area (Å²) < 4.78 is 6.39. The minimum atomic E-state index is -0.307. The highest BCUT2D eigenvalue weighted by Crippen LogP contribution is 2.11. The monoisotopic (exact) mass is 354 g/mol. The summed E-state index contributed by atoms with van der Waals surface area (Å²) in [5.74, 6) is 0.205. The quantitative estimate of drug-likeness (QED) is 0.732. The van der Waals surface area contributed by atoms with Gasteiger partial charge in [-0.05, 0) is 39.2 Å². The van der Waals surface area contributed by atoms with E-state index in [4.69, 9.17) is 4.52 Å². The van der Waals surface area contributed by atoms with Crippen LogP contribution in [0.15, 0.2) is 39.6 Å². The Bertz CT molecular complexity index is 976. The first-order valence-electron chi connectivity index (χ1n) is 8.62. The van der Waals surface area contributed by atoms with E-state index in [0.29, 0.717) is 16.9 Å². The van der Waals surface area contributed by atoms with E-state index in [1.165, 1.54) is 10.1 Å². The lowest BCUT2D eigenvalue weighted by atomic mass is 10.1. The van der Waals surface area contributed by atoms with Crippen LogP contribution in [0.4, 0.5) is 0 Å². The summed E-state index contributed by atoms with van der Waals surface area (Å²) in [5, 5.41) is 7.03. The number of hydrogen-bond acceptors (Lipinski definition) is 5. The Balaban J connectivity index is 1.65. The molecule has 1 N–H and O–H groups in total. The van der Waals surface area contributed by atoms with Crippen molar-refractivity contribution in [2.75, 3.05) is 0 Å². The fraction of sp³-hybridized carbons (Fsp3) is 0.368. The topological polar surface area (TPSA) is 90.0 Å². The van der Waals surface area contributed by atoms with Crippen molar-refractivity contribution in [3.63, 3.8) is 0 Å². The molecule has 0 bridgehead atoms. The molecule has 1 atom stereocenters. The van der Waals surface area contributed by atoms with Crippen LogP contribution in [0.25, 0.3) is 11.1 Å². The van der Waals surface area contributed by atoms with Crippen LogP contribution in [-0.4, -0.2) is 26.7 Å². The average Bonchev–Trinajstić information content (AvgIpc) is 2.98. The minimum absolute atomic E-state index is 0.00716. The van der Waals surface area contributed by atoms with Gasteiger partial charge in [0.2, 0.25) is 5.91 Å². The van der Waals surface area contributed by atoms with Gasteiger partial charge >= 0.3 is 0 Å². The Labute approximate surface area is 151 Å². The normalized spacial score (nSPS) is 12.3. The maximum Gasteiger partial charge on any atom is 0.267 e. The molecule has 2 aromatic heterocycles. The third-order valence-electron chi connectivity index (χ3n) is 4.38. The van der Waals surface area contributed by atoms with E-state index in [1.54, 1.807) is 13.8 Å². The first kappa shape index (κ1) is 17.8. The molecule has 0 saturated carbocycles. The fourth-order valence-corrected chi connectivity index (χ4v) is 2.92. The number of hydrogen-bond donors (Lipinski definition) is 1. The lowest BCUT2D eigenvalue weighted by Crippen LogP contribution is -2.38. The Morgan fingerprint density at radius 2 is 2.00 bits per heavy atom. The van der Waals surface area contributed by atoms with Gasteiger partial charge in [-0.25, -0.2) is 0 Å². The number of amides is 1. The van der Waals surface area contributed by atoms with Crippen LogP contribution < -0.4 is 10.9 Å². The molecule has 0 aliphatic rings. The standard InChI is InChI=1S/C19H22N4O3/c1-12(9-10-15-7-5-4-6-8-15)20-16(24)11-23-14(3)21-18-17(19(23)25)13(2)22-26-18/h4-8,12H,9-11H2,1-3H3,(H,20,24). The molecule has 7 nitrogen and oxygen atoms in total. The highest BCUT2D eigenvalue weighted by Gasteiger charge is 2.17. The van der Waals surface area contributed by atoms with Crippen LogP contribution >= 0.6 is 0 Å². The van der Waals surface area contributed by atoms with E-state index in [0.717, 1.165) is 12.8 Å². The van der Waals surface area contributed by atoms with Crippen molar-refractivity contribution in [2.45, 2.75) is 46.2 Å². The molecular weight excluding hydrogens is 332 g/mol. The van der Waals surface area contributed by atoms with Crippen LogP contribution in [0, 0.1) is 13.8 Å². The van der Waals surface area contributed by atoms with Crippen molar-refractivity contribution in [3.8, 4) is 0 Å². The number of nitrogens with zero attached hydrogens (tertiary/aromatic N) is 3. The minimum Gasteiger partial charge on any atom is -0.352 e. The summed E-state index contributed by atoms with van der Waals surface area (Å²) in [7, 11) is 0. The van der Waals surface area contributed by atoms with E-state index in [9.17, 15) is 9.59 Å². The van der Waals surface area contributed by atoms with Gasteiger partial charge in [0.25, 0.3) is 11.3 Å². The number of rotatable bonds is 6. The van der Waals surface area contributed by atoms with Crippen molar-refractivity contribution < 1.29 is 9.32 Å². The van der Waals surface area contributed by atoms with Gasteiger partial charge in [0, 0.05) is 6.04 Å². The van der Waals surface area contributed by atoms with Crippen molar-refractivity contribution in [3.05, 3.63) is 57.8 Å². The first-order chi connectivity index (χ1) is 12.5. The Morgan fingerprint density at radius 3 is 2.73 bits per heavy atom. The number of aromatic nitrogens is 3. The molecule has 0 saturated heterocycles. The van der Waals surface area contributed by atoms with Crippen LogP contribution in [0.5, 0.6) is 0 Å². The van der Waals surface area contributed by atoms with E-state index in [1.807, 2.05) is 25.1 Å². The molecule has 0 spiro atoms. The van der Waals surface area contributed by atoms with Crippen LogP contribution in [0.2, 0.25) is 0 Å².